The molecule has 8 heteroatoms. The molecule has 0 bridgehead atoms. The van der Waals surface area contributed by atoms with E-state index in [0.29, 0.717) is 32.2 Å². The first-order valence-corrected chi connectivity index (χ1v) is 9.40. The number of halogens is 2. The topological polar surface area (TPSA) is 79.5 Å². The standard InChI is InChI=1S/C17H14Br2N4O2/c18-14-13(8-24)23-12(7-20-16(23)15(19)22-14)9-1-3-10(4-2-9)17(25)21-11-5-6-11/h1-4,7,11,24H,5-6,8H2,(H,21,25). The number of imidazole rings is 1. The lowest BCUT2D eigenvalue weighted by Gasteiger charge is -2.10. The lowest BCUT2D eigenvalue weighted by Crippen LogP contribution is -2.25. The van der Waals surface area contributed by atoms with Crippen molar-refractivity contribution in [3.63, 3.8) is 0 Å². The Morgan fingerprint density at radius 1 is 1.24 bits per heavy atom. The van der Waals surface area contributed by atoms with Crippen LogP contribution in [0.2, 0.25) is 0 Å². The van der Waals surface area contributed by atoms with Crippen molar-refractivity contribution in [2.75, 3.05) is 0 Å². The van der Waals surface area contributed by atoms with Gasteiger partial charge in [-0.1, -0.05) is 12.1 Å². The van der Waals surface area contributed by atoms with Crippen molar-refractivity contribution in [3.8, 4) is 11.3 Å². The quantitative estimate of drug-likeness (QED) is 0.619. The second kappa shape index (κ2) is 6.51. The van der Waals surface area contributed by atoms with Gasteiger partial charge in [-0.05, 0) is 56.8 Å². The molecule has 3 aromatic rings. The lowest BCUT2D eigenvalue weighted by molar-refractivity contribution is 0.0951. The van der Waals surface area contributed by atoms with Crippen LogP contribution in [0.5, 0.6) is 0 Å². The van der Waals surface area contributed by atoms with Crippen LogP contribution >= 0.6 is 31.9 Å². The zero-order valence-corrected chi connectivity index (χ0v) is 16.2. The number of carbonyl (C=O) groups is 1. The summed E-state index contributed by atoms with van der Waals surface area (Å²) >= 11 is 6.77. The van der Waals surface area contributed by atoms with Crippen LogP contribution in [0.1, 0.15) is 28.9 Å². The van der Waals surface area contributed by atoms with E-state index in [2.05, 4.69) is 47.1 Å². The predicted octanol–water partition coefficient (Wildman–Crippen LogP) is 3.31. The molecule has 6 nitrogen and oxygen atoms in total. The van der Waals surface area contributed by atoms with Crippen LogP contribution in [-0.4, -0.2) is 31.4 Å². The zero-order valence-electron chi connectivity index (χ0n) is 13.0. The summed E-state index contributed by atoms with van der Waals surface area (Å²) in [6, 6.07) is 7.70. The van der Waals surface area contributed by atoms with E-state index in [1.54, 1.807) is 18.3 Å². The van der Waals surface area contributed by atoms with Gasteiger partial charge in [-0.2, -0.15) is 0 Å². The van der Waals surface area contributed by atoms with E-state index in [1.165, 1.54) is 0 Å². The van der Waals surface area contributed by atoms with Crippen molar-refractivity contribution < 1.29 is 9.90 Å². The first kappa shape index (κ1) is 16.7. The van der Waals surface area contributed by atoms with Gasteiger partial charge < -0.3 is 10.4 Å². The van der Waals surface area contributed by atoms with E-state index in [9.17, 15) is 9.90 Å². The Hall–Kier alpha value is -1.77. The maximum absolute atomic E-state index is 12.1. The predicted molar refractivity (Wildman–Crippen MR) is 100 cm³/mol. The minimum absolute atomic E-state index is 0.0436. The molecule has 0 unspecified atom stereocenters. The number of nitrogens with zero attached hydrogens (tertiary/aromatic N) is 3. The number of hydrogen-bond acceptors (Lipinski definition) is 4. The van der Waals surface area contributed by atoms with E-state index in [4.69, 9.17) is 0 Å². The summed E-state index contributed by atoms with van der Waals surface area (Å²) in [4.78, 5) is 20.8. The highest BCUT2D eigenvalue weighted by atomic mass is 79.9. The van der Waals surface area contributed by atoms with Gasteiger partial charge in [-0.25, -0.2) is 9.97 Å². The van der Waals surface area contributed by atoms with Crippen molar-refractivity contribution in [2.24, 2.45) is 0 Å². The van der Waals surface area contributed by atoms with Crippen LogP contribution in [0.15, 0.2) is 39.7 Å². The average molecular weight is 466 g/mol. The number of rotatable bonds is 4. The molecular weight excluding hydrogens is 452 g/mol. The summed E-state index contributed by atoms with van der Waals surface area (Å²) in [5.74, 6) is -0.0436. The fourth-order valence-corrected chi connectivity index (χ4v) is 3.87. The Balaban J connectivity index is 1.75. The molecule has 1 aliphatic carbocycles. The molecular formula is C17H14Br2N4O2. The normalized spacial score (nSPS) is 14.0. The molecule has 1 amide bonds. The van der Waals surface area contributed by atoms with Crippen LogP contribution in [0, 0.1) is 0 Å². The molecule has 0 saturated heterocycles. The molecule has 2 heterocycles. The van der Waals surface area contributed by atoms with Crippen molar-refractivity contribution >= 4 is 43.4 Å². The maximum atomic E-state index is 12.1. The van der Waals surface area contributed by atoms with Crippen LogP contribution < -0.4 is 5.32 Å². The number of aliphatic hydroxyl groups excluding tert-OH is 1. The zero-order chi connectivity index (χ0) is 17.6. The largest absolute Gasteiger partial charge is 0.390 e. The van der Waals surface area contributed by atoms with E-state index in [0.717, 1.165) is 24.1 Å². The monoisotopic (exact) mass is 464 g/mol. The Kier molecular flexibility index (Phi) is 4.35. The second-order valence-corrected chi connectivity index (χ2v) is 7.43. The highest BCUT2D eigenvalue weighted by Crippen LogP contribution is 2.29. The van der Waals surface area contributed by atoms with Gasteiger partial charge in [-0.15, -0.1) is 0 Å². The van der Waals surface area contributed by atoms with Gasteiger partial charge in [0.15, 0.2) is 10.3 Å². The Morgan fingerprint density at radius 2 is 1.96 bits per heavy atom. The Labute approximate surface area is 160 Å². The summed E-state index contributed by atoms with van der Waals surface area (Å²) in [6.45, 7) is -0.178. The van der Waals surface area contributed by atoms with Gasteiger partial charge >= 0.3 is 0 Å². The third-order valence-corrected chi connectivity index (χ3v) is 5.32. The van der Waals surface area contributed by atoms with Crippen LogP contribution in [-0.2, 0) is 6.61 Å². The minimum atomic E-state index is -0.178. The molecule has 1 aliphatic rings. The first-order chi connectivity index (χ1) is 12.1. The molecule has 1 fully saturated rings. The smallest absolute Gasteiger partial charge is 0.251 e. The second-order valence-electron chi connectivity index (χ2n) is 5.93. The first-order valence-electron chi connectivity index (χ1n) is 7.82. The summed E-state index contributed by atoms with van der Waals surface area (Å²) in [7, 11) is 0. The number of aromatic nitrogens is 3. The van der Waals surface area contributed by atoms with Gasteiger partial charge in [0.25, 0.3) is 5.91 Å². The van der Waals surface area contributed by atoms with Crippen LogP contribution in [0.3, 0.4) is 0 Å². The number of carbonyl (C=O) groups excluding carboxylic acids is 1. The summed E-state index contributed by atoms with van der Waals surface area (Å²) < 4.78 is 2.98. The molecule has 128 valence electrons. The highest BCUT2D eigenvalue weighted by Gasteiger charge is 2.24. The SMILES string of the molecule is O=C(NC1CC1)c1ccc(-c2cnc3c(Br)nc(Br)c(CO)n23)cc1. The van der Waals surface area contributed by atoms with Crippen molar-refractivity contribution in [1.82, 2.24) is 19.7 Å². The summed E-state index contributed by atoms with van der Waals surface area (Å²) in [5.41, 5.74) is 3.59. The molecule has 0 atom stereocenters. The van der Waals surface area contributed by atoms with Crippen LogP contribution in [0.4, 0.5) is 0 Å². The third kappa shape index (κ3) is 3.09. The fraction of sp³-hybridized carbons (Fsp3) is 0.235. The Bertz CT molecular complexity index is 965. The van der Waals surface area contributed by atoms with Crippen LogP contribution in [0.25, 0.3) is 16.9 Å². The average Bonchev–Trinajstić information content (AvgIpc) is 3.31. The van der Waals surface area contributed by atoms with Gasteiger partial charge in [-0.3, -0.25) is 9.20 Å². The number of benzene rings is 1. The van der Waals surface area contributed by atoms with Gasteiger partial charge in [0.1, 0.15) is 4.60 Å². The number of amides is 1. The lowest BCUT2D eigenvalue weighted by atomic mass is 10.1. The van der Waals surface area contributed by atoms with Crippen molar-refractivity contribution in [2.45, 2.75) is 25.5 Å². The van der Waals surface area contributed by atoms with Gasteiger partial charge in [0.05, 0.1) is 24.2 Å². The summed E-state index contributed by atoms with van der Waals surface area (Å²) in [6.07, 6.45) is 3.85. The Morgan fingerprint density at radius 3 is 2.60 bits per heavy atom. The fourth-order valence-electron chi connectivity index (χ4n) is 2.69. The number of aliphatic hydroxyl groups is 1. The number of hydrogen-bond donors (Lipinski definition) is 2. The van der Waals surface area contributed by atoms with Gasteiger partial charge in [0.2, 0.25) is 0 Å². The third-order valence-electron chi connectivity index (χ3n) is 4.16. The maximum Gasteiger partial charge on any atom is 0.251 e. The molecule has 0 radical (unpaired) electrons. The molecule has 0 aliphatic heterocycles. The molecule has 4 rings (SSSR count). The van der Waals surface area contributed by atoms with E-state index in [-0.39, 0.29) is 12.5 Å². The number of fused-ring (bicyclic) bond motifs is 1. The summed E-state index contributed by atoms with van der Waals surface area (Å²) in [5, 5.41) is 12.7. The highest BCUT2D eigenvalue weighted by molar-refractivity contribution is 9.11. The molecule has 1 aromatic carbocycles. The van der Waals surface area contributed by atoms with E-state index < -0.39 is 0 Å². The van der Waals surface area contributed by atoms with E-state index in [1.807, 2.05) is 16.5 Å². The number of nitrogens with one attached hydrogen (secondary N) is 1. The minimum Gasteiger partial charge on any atom is -0.390 e. The molecule has 2 N–H and O–H groups in total. The van der Waals surface area contributed by atoms with Crippen molar-refractivity contribution in [3.05, 3.63) is 50.9 Å². The molecule has 25 heavy (non-hydrogen) atoms. The van der Waals surface area contributed by atoms with Gasteiger partial charge in [0, 0.05) is 17.2 Å². The molecule has 2 aromatic heterocycles. The van der Waals surface area contributed by atoms with Crippen molar-refractivity contribution in [1.29, 1.82) is 0 Å². The molecule has 0 spiro atoms. The molecule has 1 saturated carbocycles. The van der Waals surface area contributed by atoms with E-state index >= 15 is 0 Å².